The third kappa shape index (κ3) is 5.55. The Morgan fingerprint density at radius 3 is 2.28 bits per heavy atom. The normalized spacial score (nSPS) is 11.8. The van der Waals surface area contributed by atoms with Gasteiger partial charge in [0, 0.05) is 18.6 Å². The number of nitro groups is 1. The van der Waals surface area contributed by atoms with Gasteiger partial charge in [-0.1, -0.05) is 29.5 Å². The number of nitrogens with zero attached hydrogens (tertiary/aromatic N) is 2. The molecule has 0 fully saturated rings. The highest BCUT2D eigenvalue weighted by molar-refractivity contribution is 7.93. The summed E-state index contributed by atoms with van der Waals surface area (Å²) in [5, 5.41) is 13.2. The minimum atomic E-state index is -3.96. The van der Waals surface area contributed by atoms with E-state index < -0.39 is 30.5 Å². The highest BCUT2D eigenvalue weighted by atomic mass is 32.2. The van der Waals surface area contributed by atoms with E-state index in [9.17, 15) is 31.7 Å². The van der Waals surface area contributed by atoms with Crippen LogP contribution in [0.2, 0.25) is 0 Å². The van der Waals surface area contributed by atoms with E-state index in [1.54, 1.807) is 18.2 Å². The molecule has 0 saturated heterocycles. The molecule has 13 heteroatoms. The number of sulfone groups is 2. The molecule has 0 aliphatic heterocycles. The van der Waals surface area contributed by atoms with Crippen molar-refractivity contribution in [1.29, 1.82) is 0 Å². The van der Waals surface area contributed by atoms with E-state index in [0.717, 1.165) is 41.8 Å². The SMILES string of the molecule is O=C(CCCS(=O)(=O)c1ccccc1)Nc1ncc(S(=O)(=O)c2ccc([N+](=O)[O-])cc2)s1. The number of rotatable bonds is 9. The molecule has 0 radical (unpaired) electrons. The predicted octanol–water partition coefficient (Wildman–Crippen LogP) is 3.08. The third-order valence-electron chi connectivity index (χ3n) is 4.27. The highest BCUT2D eigenvalue weighted by Crippen LogP contribution is 2.29. The number of thiazole rings is 1. The molecule has 3 rings (SSSR count). The van der Waals surface area contributed by atoms with Crippen LogP contribution in [0.4, 0.5) is 10.8 Å². The fourth-order valence-corrected chi connectivity index (χ4v) is 6.44. The van der Waals surface area contributed by atoms with Crippen molar-refractivity contribution in [1.82, 2.24) is 4.98 Å². The smallest absolute Gasteiger partial charge is 0.269 e. The number of aromatic nitrogens is 1. The molecule has 0 atom stereocenters. The van der Waals surface area contributed by atoms with Gasteiger partial charge < -0.3 is 5.32 Å². The average molecular weight is 496 g/mol. The Kier molecular flexibility index (Phi) is 7.01. The van der Waals surface area contributed by atoms with E-state index in [1.807, 2.05) is 0 Å². The number of nitro benzene ring substituents is 1. The number of carbonyl (C=O) groups is 1. The van der Waals surface area contributed by atoms with E-state index in [0.29, 0.717) is 0 Å². The van der Waals surface area contributed by atoms with E-state index >= 15 is 0 Å². The molecule has 1 amide bonds. The fourth-order valence-electron chi connectivity index (χ4n) is 2.65. The van der Waals surface area contributed by atoms with Crippen LogP contribution in [0.1, 0.15) is 12.8 Å². The Morgan fingerprint density at radius 2 is 1.66 bits per heavy atom. The maximum atomic E-state index is 12.7. The largest absolute Gasteiger partial charge is 0.302 e. The zero-order chi connectivity index (χ0) is 23.4. The van der Waals surface area contributed by atoms with Crippen molar-refractivity contribution in [3.63, 3.8) is 0 Å². The number of non-ortho nitro benzene ring substituents is 1. The Morgan fingerprint density at radius 1 is 1.00 bits per heavy atom. The second-order valence-corrected chi connectivity index (χ2v) is 11.8. The summed E-state index contributed by atoms with van der Waals surface area (Å²) in [6.07, 6.45) is 1.08. The highest BCUT2D eigenvalue weighted by Gasteiger charge is 2.22. The topological polar surface area (TPSA) is 153 Å². The molecular formula is C19H17N3O7S3. The van der Waals surface area contributed by atoms with Crippen LogP contribution in [0, 0.1) is 10.1 Å². The molecular weight excluding hydrogens is 478 g/mol. The summed E-state index contributed by atoms with van der Waals surface area (Å²) in [5.41, 5.74) is -0.240. The molecule has 168 valence electrons. The summed E-state index contributed by atoms with van der Waals surface area (Å²) in [4.78, 5) is 26.1. The van der Waals surface area contributed by atoms with Gasteiger partial charge in [-0.2, -0.15) is 0 Å². The van der Waals surface area contributed by atoms with Gasteiger partial charge in [-0.15, -0.1) is 0 Å². The number of benzene rings is 2. The van der Waals surface area contributed by atoms with Crippen LogP contribution < -0.4 is 5.32 Å². The van der Waals surface area contributed by atoms with E-state index in [2.05, 4.69) is 10.3 Å². The Hall–Kier alpha value is -3.16. The van der Waals surface area contributed by atoms with Gasteiger partial charge in [0.05, 0.1) is 26.7 Å². The van der Waals surface area contributed by atoms with Crippen molar-refractivity contribution < 1.29 is 26.6 Å². The van der Waals surface area contributed by atoms with E-state index in [-0.39, 0.29) is 43.4 Å². The maximum Gasteiger partial charge on any atom is 0.269 e. The predicted molar refractivity (Wildman–Crippen MR) is 117 cm³/mol. The first-order valence-corrected chi connectivity index (χ1v) is 13.1. The number of carbonyl (C=O) groups excluding carboxylic acids is 1. The first kappa shape index (κ1) is 23.5. The van der Waals surface area contributed by atoms with Gasteiger partial charge in [-0.25, -0.2) is 21.8 Å². The fraction of sp³-hybridized carbons (Fsp3) is 0.158. The zero-order valence-corrected chi connectivity index (χ0v) is 18.8. The molecule has 0 aliphatic carbocycles. The van der Waals surface area contributed by atoms with Crippen molar-refractivity contribution in [2.75, 3.05) is 11.1 Å². The molecule has 0 aliphatic rings. The number of hydrogen-bond donors (Lipinski definition) is 1. The van der Waals surface area contributed by atoms with Crippen LogP contribution in [-0.2, 0) is 24.5 Å². The van der Waals surface area contributed by atoms with Crippen molar-refractivity contribution in [2.45, 2.75) is 26.8 Å². The van der Waals surface area contributed by atoms with Crippen molar-refractivity contribution in [3.05, 3.63) is 70.9 Å². The van der Waals surface area contributed by atoms with Gasteiger partial charge in [-0.05, 0) is 30.7 Å². The molecule has 1 aromatic heterocycles. The van der Waals surface area contributed by atoms with Gasteiger partial charge >= 0.3 is 0 Å². The number of amides is 1. The number of hydrogen-bond acceptors (Lipinski definition) is 9. The number of anilines is 1. The van der Waals surface area contributed by atoms with Crippen molar-refractivity contribution in [2.24, 2.45) is 0 Å². The van der Waals surface area contributed by atoms with Crippen LogP contribution in [0.25, 0.3) is 0 Å². The van der Waals surface area contributed by atoms with Crippen molar-refractivity contribution in [3.8, 4) is 0 Å². The Bertz CT molecular complexity index is 1330. The van der Waals surface area contributed by atoms with E-state index in [1.165, 1.54) is 12.1 Å². The summed E-state index contributed by atoms with van der Waals surface area (Å²) >= 11 is 0.726. The lowest BCUT2D eigenvalue weighted by molar-refractivity contribution is -0.384. The minimum Gasteiger partial charge on any atom is -0.302 e. The molecule has 0 spiro atoms. The van der Waals surface area contributed by atoms with Crippen LogP contribution in [0.3, 0.4) is 0 Å². The summed E-state index contributed by atoms with van der Waals surface area (Å²) in [7, 11) is -7.46. The quantitative estimate of drug-likeness (QED) is 0.351. The molecule has 2 aromatic carbocycles. The van der Waals surface area contributed by atoms with E-state index in [4.69, 9.17) is 0 Å². The number of nitrogens with one attached hydrogen (secondary N) is 1. The summed E-state index contributed by atoms with van der Waals surface area (Å²) in [5.74, 6) is -0.705. The molecule has 1 N–H and O–H groups in total. The zero-order valence-electron chi connectivity index (χ0n) is 16.4. The molecule has 10 nitrogen and oxygen atoms in total. The van der Waals surface area contributed by atoms with Crippen LogP contribution in [-0.4, -0.2) is 38.4 Å². The van der Waals surface area contributed by atoms with Crippen LogP contribution >= 0.6 is 11.3 Å². The minimum absolute atomic E-state index is 0.0430. The lowest BCUT2D eigenvalue weighted by Gasteiger charge is -2.04. The second-order valence-electron chi connectivity index (χ2n) is 6.52. The van der Waals surface area contributed by atoms with Gasteiger partial charge in [0.25, 0.3) is 5.69 Å². The summed E-state index contributed by atoms with van der Waals surface area (Å²) < 4.78 is 49.6. The molecule has 0 saturated carbocycles. The van der Waals surface area contributed by atoms with Crippen LogP contribution in [0.15, 0.2) is 74.8 Å². The summed E-state index contributed by atoms with van der Waals surface area (Å²) in [6, 6.07) is 12.3. The van der Waals surface area contributed by atoms with Gasteiger partial charge in [0.2, 0.25) is 15.7 Å². The first-order valence-electron chi connectivity index (χ1n) is 9.12. The van der Waals surface area contributed by atoms with Crippen LogP contribution in [0.5, 0.6) is 0 Å². The maximum absolute atomic E-state index is 12.7. The van der Waals surface area contributed by atoms with Crippen molar-refractivity contribution >= 4 is 47.7 Å². The molecule has 3 aromatic rings. The lowest BCUT2D eigenvalue weighted by atomic mass is 10.3. The molecule has 0 bridgehead atoms. The van der Waals surface area contributed by atoms with Gasteiger partial charge in [0.1, 0.15) is 4.21 Å². The monoisotopic (exact) mass is 495 g/mol. The van der Waals surface area contributed by atoms with Gasteiger partial charge in [-0.3, -0.25) is 14.9 Å². The Labute approximate surface area is 187 Å². The Balaban J connectivity index is 1.59. The first-order chi connectivity index (χ1) is 15.1. The standard InChI is InChI=1S/C19H17N3O7S3/c23-17(7-4-12-31(26,27)15-5-2-1-3-6-15)21-19-20-13-18(30-19)32(28,29)16-10-8-14(9-11-16)22(24)25/h1-3,5-6,8-11,13H,4,7,12H2,(H,20,21,23). The summed E-state index contributed by atoms with van der Waals surface area (Å²) in [6.45, 7) is 0. The molecule has 32 heavy (non-hydrogen) atoms. The molecule has 0 unspecified atom stereocenters. The van der Waals surface area contributed by atoms with Gasteiger partial charge in [0.15, 0.2) is 15.0 Å². The molecule has 1 heterocycles. The third-order valence-corrected chi connectivity index (χ3v) is 9.23. The lowest BCUT2D eigenvalue weighted by Crippen LogP contribution is -2.14. The average Bonchev–Trinajstić information content (AvgIpc) is 3.23. The second kappa shape index (κ2) is 9.54.